The lowest BCUT2D eigenvalue weighted by Gasteiger charge is -2.20. The van der Waals surface area contributed by atoms with Crippen molar-refractivity contribution in [2.24, 2.45) is 5.92 Å². The van der Waals surface area contributed by atoms with Crippen LogP contribution in [0.2, 0.25) is 0 Å². The molecule has 1 atom stereocenters. The Morgan fingerprint density at radius 3 is 1.26 bits per heavy atom. The second-order valence-corrected chi connectivity index (χ2v) is 18.9. The minimum absolute atomic E-state index is 0.00557. The molecule has 0 aliphatic heterocycles. The Morgan fingerprint density at radius 2 is 0.779 bits per heavy atom. The number of hydrogen-bond donors (Lipinski definition) is 1. The standard InChI is InChI=1S/C55H103NO12/c1-5-9-12-15-18-19-24-32-44-63-51(58)37-30-25-31-39-53(60)66-47-49(48-67-55(62)64-45-34-42-56(8-4)41-33-43-57)46-65-52(59)38-28-22-23-29-40-54(61)68-50(35-26-20-16-13-10-6-2)36-27-21-17-14-11-7-3/h49-50,57H,5-48H2,1-4H3. The fourth-order valence-corrected chi connectivity index (χ4v) is 8.02. The first-order valence-corrected chi connectivity index (χ1v) is 28.0. The summed E-state index contributed by atoms with van der Waals surface area (Å²) >= 11 is 0. The van der Waals surface area contributed by atoms with Crippen LogP contribution in [0.3, 0.4) is 0 Å². The second-order valence-electron chi connectivity index (χ2n) is 18.9. The van der Waals surface area contributed by atoms with E-state index in [1.165, 1.54) is 103 Å². The summed E-state index contributed by atoms with van der Waals surface area (Å²) in [6.07, 6.45) is 32.4. The van der Waals surface area contributed by atoms with Crippen molar-refractivity contribution in [1.82, 2.24) is 4.90 Å². The number of aliphatic hydroxyl groups is 1. The third kappa shape index (κ3) is 45.5. The lowest BCUT2D eigenvalue weighted by Crippen LogP contribution is -2.28. The molecule has 13 heteroatoms. The van der Waals surface area contributed by atoms with Gasteiger partial charge in [0.25, 0.3) is 0 Å². The summed E-state index contributed by atoms with van der Waals surface area (Å²) in [5, 5.41) is 9.11. The monoisotopic (exact) mass is 970 g/mol. The molecule has 0 saturated carbocycles. The summed E-state index contributed by atoms with van der Waals surface area (Å²) in [6.45, 7) is 11.4. The molecule has 0 radical (unpaired) electrons. The summed E-state index contributed by atoms with van der Waals surface area (Å²) in [6, 6.07) is 0. The molecule has 1 N–H and O–H groups in total. The van der Waals surface area contributed by atoms with E-state index in [0.29, 0.717) is 70.9 Å². The number of ether oxygens (including phenoxy) is 6. The molecular weight excluding hydrogens is 867 g/mol. The fraction of sp³-hybridized carbons (Fsp3) is 0.909. The SMILES string of the molecule is CCCCCCCCCCOC(=O)CCCCCC(=O)OCC(COC(=O)CCCCCCC(=O)OC(CCCCCCCC)CCCCCCCC)COC(=O)OCCCN(CC)CCCO. The molecule has 0 aromatic carbocycles. The molecule has 0 spiro atoms. The molecule has 0 aromatic rings. The molecule has 0 aliphatic carbocycles. The molecule has 0 aromatic heterocycles. The van der Waals surface area contributed by atoms with Crippen LogP contribution in [0.1, 0.15) is 252 Å². The van der Waals surface area contributed by atoms with Crippen molar-refractivity contribution in [3.05, 3.63) is 0 Å². The number of aliphatic hydroxyl groups excluding tert-OH is 1. The van der Waals surface area contributed by atoms with Gasteiger partial charge in [0.2, 0.25) is 0 Å². The van der Waals surface area contributed by atoms with Gasteiger partial charge in [0.05, 0.1) is 19.1 Å². The van der Waals surface area contributed by atoms with Crippen LogP contribution in [0.4, 0.5) is 4.79 Å². The third-order valence-corrected chi connectivity index (χ3v) is 12.4. The van der Waals surface area contributed by atoms with Crippen LogP contribution < -0.4 is 0 Å². The van der Waals surface area contributed by atoms with E-state index >= 15 is 0 Å². The van der Waals surface area contributed by atoms with Gasteiger partial charge in [-0.3, -0.25) is 19.2 Å². The zero-order chi connectivity index (χ0) is 50.0. The summed E-state index contributed by atoms with van der Waals surface area (Å²) in [4.78, 5) is 64.9. The van der Waals surface area contributed by atoms with Crippen LogP contribution in [0, 0.1) is 5.92 Å². The van der Waals surface area contributed by atoms with E-state index in [-0.39, 0.29) is 63.9 Å². The molecule has 0 aliphatic rings. The van der Waals surface area contributed by atoms with Crippen LogP contribution in [-0.2, 0) is 47.6 Å². The van der Waals surface area contributed by atoms with E-state index in [1.807, 2.05) is 6.92 Å². The Balaban J connectivity index is 4.72. The minimum Gasteiger partial charge on any atom is -0.466 e. The largest absolute Gasteiger partial charge is 0.508 e. The summed E-state index contributed by atoms with van der Waals surface area (Å²) < 4.78 is 33.0. The molecule has 68 heavy (non-hydrogen) atoms. The highest BCUT2D eigenvalue weighted by Crippen LogP contribution is 2.19. The average Bonchev–Trinajstić information content (AvgIpc) is 3.33. The Hall–Kier alpha value is -2.93. The van der Waals surface area contributed by atoms with Gasteiger partial charge in [0.15, 0.2) is 0 Å². The summed E-state index contributed by atoms with van der Waals surface area (Å²) in [5.41, 5.74) is 0. The smallest absolute Gasteiger partial charge is 0.466 e. The number of nitrogens with zero attached hydrogens (tertiary/aromatic N) is 1. The first kappa shape index (κ1) is 65.1. The number of carbonyl (C=O) groups is 5. The van der Waals surface area contributed by atoms with Crippen LogP contribution >= 0.6 is 0 Å². The van der Waals surface area contributed by atoms with Gasteiger partial charge in [-0.05, 0) is 77.2 Å². The highest BCUT2D eigenvalue weighted by Gasteiger charge is 2.19. The number of rotatable bonds is 51. The predicted octanol–water partition coefficient (Wildman–Crippen LogP) is 13.3. The molecule has 0 rings (SSSR count). The molecule has 1 unspecified atom stereocenters. The van der Waals surface area contributed by atoms with Gasteiger partial charge in [-0.1, -0.05) is 156 Å². The van der Waals surface area contributed by atoms with Crippen molar-refractivity contribution in [3.63, 3.8) is 0 Å². The molecular formula is C55H103NO12. The summed E-state index contributed by atoms with van der Waals surface area (Å²) in [7, 11) is 0. The number of hydrogen-bond acceptors (Lipinski definition) is 13. The minimum atomic E-state index is -0.850. The molecule has 0 heterocycles. The Morgan fingerprint density at radius 1 is 0.397 bits per heavy atom. The maximum atomic E-state index is 12.8. The zero-order valence-corrected chi connectivity index (χ0v) is 44.2. The first-order valence-electron chi connectivity index (χ1n) is 28.0. The van der Waals surface area contributed by atoms with Crippen molar-refractivity contribution >= 4 is 30.0 Å². The maximum Gasteiger partial charge on any atom is 0.508 e. The van der Waals surface area contributed by atoms with Gasteiger partial charge in [0, 0.05) is 45.4 Å². The van der Waals surface area contributed by atoms with E-state index in [4.69, 9.17) is 33.5 Å². The van der Waals surface area contributed by atoms with Gasteiger partial charge in [0.1, 0.15) is 25.9 Å². The van der Waals surface area contributed by atoms with Crippen LogP contribution in [0.25, 0.3) is 0 Å². The number of carbonyl (C=O) groups excluding carboxylic acids is 5. The van der Waals surface area contributed by atoms with Gasteiger partial charge >= 0.3 is 30.0 Å². The quantitative estimate of drug-likeness (QED) is 0.0348. The van der Waals surface area contributed by atoms with Crippen molar-refractivity contribution < 1.29 is 57.5 Å². The van der Waals surface area contributed by atoms with E-state index in [0.717, 1.165) is 64.5 Å². The van der Waals surface area contributed by atoms with E-state index in [2.05, 4.69) is 25.7 Å². The fourth-order valence-electron chi connectivity index (χ4n) is 8.02. The summed E-state index contributed by atoms with van der Waals surface area (Å²) in [5.74, 6) is -1.72. The second kappa shape index (κ2) is 50.5. The van der Waals surface area contributed by atoms with Gasteiger partial charge in [-0.15, -0.1) is 0 Å². The Kier molecular flexibility index (Phi) is 48.3. The maximum absolute atomic E-state index is 12.8. The van der Waals surface area contributed by atoms with Crippen molar-refractivity contribution in [2.45, 2.75) is 259 Å². The lowest BCUT2D eigenvalue weighted by atomic mass is 10.0. The number of unbranched alkanes of at least 4 members (excludes halogenated alkanes) is 22. The first-order chi connectivity index (χ1) is 33.2. The molecule has 0 amide bonds. The normalized spacial score (nSPS) is 11.8. The Bertz CT molecular complexity index is 1170. The van der Waals surface area contributed by atoms with Crippen molar-refractivity contribution in [2.75, 3.05) is 59.3 Å². The molecule has 0 saturated heterocycles. The van der Waals surface area contributed by atoms with Crippen molar-refractivity contribution in [1.29, 1.82) is 0 Å². The Labute approximate surface area is 414 Å². The van der Waals surface area contributed by atoms with E-state index in [9.17, 15) is 24.0 Å². The van der Waals surface area contributed by atoms with Crippen LogP contribution in [-0.4, -0.2) is 105 Å². The van der Waals surface area contributed by atoms with Gasteiger partial charge in [-0.25, -0.2) is 4.79 Å². The van der Waals surface area contributed by atoms with Crippen molar-refractivity contribution in [3.8, 4) is 0 Å². The van der Waals surface area contributed by atoms with Crippen LogP contribution in [0.5, 0.6) is 0 Å². The van der Waals surface area contributed by atoms with E-state index in [1.54, 1.807) is 0 Å². The molecule has 0 fully saturated rings. The zero-order valence-electron chi connectivity index (χ0n) is 44.2. The molecule has 0 bridgehead atoms. The molecule has 13 nitrogen and oxygen atoms in total. The topological polar surface area (TPSA) is 164 Å². The van der Waals surface area contributed by atoms with Gasteiger partial charge in [-0.2, -0.15) is 0 Å². The molecule has 400 valence electrons. The van der Waals surface area contributed by atoms with Gasteiger partial charge < -0.3 is 38.4 Å². The van der Waals surface area contributed by atoms with E-state index < -0.39 is 24.0 Å². The highest BCUT2D eigenvalue weighted by atomic mass is 16.7. The number of esters is 4. The average molecular weight is 970 g/mol. The van der Waals surface area contributed by atoms with Crippen LogP contribution in [0.15, 0.2) is 0 Å². The highest BCUT2D eigenvalue weighted by molar-refractivity contribution is 5.70. The lowest BCUT2D eigenvalue weighted by molar-refractivity contribution is -0.151. The predicted molar refractivity (Wildman–Crippen MR) is 271 cm³/mol. The third-order valence-electron chi connectivity index (χ3n) is 12.4.